The SMILES string of the molecule is NC(=S)N/N=C/c1sncc1Cl. The maximum Gasteiger partial charge on any atom is 0.184 e. The van der Waals surface area contributed by atoms with Gasteiger partial charge in [0.05, 0.1) is 22.3 Å². The van der Waals surface area contributed by atoms with Crippen molar-refractivity contribution in [3.05, 3.63) is 16.1 Å². The van der Waals surface area contributed by atoms with Crippen LogP contribution in [0.1, 0.15) is 4.88 Å². The van der Waals surface area contributed by atoms with Crippen LogP contribution >= 0.6 is 35.4 Å². The lowest BCUT2D eigenvalue weighted by molar-refractivity contribution is 1.04. The Kier molecular flexibility index (Phi) is 3.39. The van der Waals surface area contributed by atoms with Crippen LogP contribution in [0, 0.1) is 0 Å². The van der Waals surface area contributed by atoms with Gasteiger partial charge in [0.1, 0.15) is 0 Å². The number of nitrogens with two attached hydrogens (primary N) is 1. The fraction of sp³-hybridized carbons (Fsp3) is 0. The Morgan fingerprint density at radius 2 is 2.67 bits per heavy atom. The molecule has 1 aromatic heterocycles. The van der Waals surface area contributed by atoms with Crippen molar-refractivity contribution >= 4 is 46.7 Å². The van der Waals surface area contributed by atoms with Gasteiger partial charge in [0.25, 0.3) is 0 Å². The molecule has 0 saturated heterocycles. The molecule has 0 unspecified atom stereocenters. The van der Waals surface area contributed by atoms with Crippen molar-refractivity contribution in [3.63, 3.8) is 0 Å². The minimum atomic E-state index is 0.117. The molecule has 0 aliphatic rings. The van der Waals surface area contributed by atoms with Gasteiger partial charge in [-0.2, -0.15) is 9.47 Å². The average molecular weight is 221 g/mol. The molecular formula is C5H5ClN4S2. The summed E-state index contributed by atoms with van der Waals surface area (Å²) >= 11 is 11.5. The van der Waals surface area contributed by atoms with Crippen molar-refractivity contribution in [2.45, 2.75) is 0 Å². The highest BCUT2D eigenvalue weighted by Gasteiger charge is 1.97. The van der Waals surface area contributed by atoms with E-state index in [2.05, 4.69) is 27.1 Å². The van der Waals surface area contributed by atoms with Crippen LogP contribution in [0.4, 0.5) is 0 Å². The maximum atomic E-state index is 5.72. The first-order valence-corrected chi connectivity index (χ1v) is 4.45. The average Bonchev–Trinajstić information content (AvgIpc) is 2.36. The van der Waals surface area contributed by atoms with E-state index in [0.29, 0.717) is 5.02 Å². The van der Waals surface area contributed by atoms with Gasteiger partial charge in [0.15, 0.2) is 5.11 Å². The normalized spacial score (nSPS) is 10.4. The lowest BCUT2D eigenvalue weighted by Crippen LogP contribution is -2.23. The van der Waals surface area contributed by atoms with Crippen LogP contribution in [-0.2, 0) is 0 Å². The van der Waals surface area contributed by atoms with Gasteiger partial charge in [-0.25, -0.2) is 0 Å². The summed E-state index contributed by atoms with van der Waals surface area (Å²) in [6, 6.07) is 0. The lowest BCUT2D eigenvalue weighted by Gasteiger charge is -1.91. The molecule has 0 atom stereocenters. The molecule has 12 heavy (non-hydrogen) atoms. The quantitative estimate of drug-likeness (QED) is 0.443. The highest BCUT2D eigenvalue weighted by atomic mass is 35.5. The van der Waals surface area contributed by atoms with E-state index in [9.17, 15) is 0 Å². The van der Waals surface area contributed by atoms with Gasteiger partial charge in [-0.3, -0.25) is 5.43 Å². The molecular weight excluding hydrogens is 216 g/mol. The molecule has 0 bridgehead atoms. The number of rotatable bonds is 2. The van der Waals surface area contributed by atoms with Crippen LogP contribution in [0.25, 0.3) is 0 Å². The fourth-order valence-corrected chi connectivity index (χ4v) is 1.30. The molecule has 0 radical (unpaired) electrons. The summed E-state index contributed by atoms with van der Waals surface area (Å²) in [6.45, 7) is 0. The van der Waals surface area contributed by atoms with Gasteiger partial charge in [-0.15, -0.1) is 0 Å². The zero-order chi connectivity index (χ0) is 8.97. The number of nitrogens with zero attached hydrogens (tertiary/aromatic N) is 2. The van der Waals surface area contributed by atoms with Gasteiger partial charge in [-0.1, -0.05) is 11.6 Å². The zero-order valence-corrected chi connectivity index (χ0v) is 8.21. The zero-order valence-electron chi connectivity index (χ0n) is 5.82. The molecule has 1 rings (SSSR count). The monoisotopic (exact) mass is 220 g/mol. The molecule has 0 amide bonds. The second-order valence-electron chi connectivity index (χ2n) is 1.77. The Hall–Kier alpha value is -0.720. The number of hydrogen-bond acceptors (Lipinski definition) is 4. The van der Waals surface area contributed by atoms with Crippen molar-refractivity contribution in [2.75, 3.05) is 0 Å². The molecule has 0 fully saturated rings. The van der Waals surface area contributed by atoms with Crippen LogP contribution in [0.15, 0.2) is 11.3 Å². The summed E-state index contributed by atoms with van der Waals surface area (Å²) in [5.41, 5.74) is 7.54. The van der Waals surface area contributed by atoms with Crippen molar-refractivity contribution in [2.24, 2.45) is 10.8 Å². The number of hydrazone groups is 1. The van der Waals surface area contributed by atoms with Gasteiger partial charge in [-0.05, 0) is 23.8 Å². The van der Waals surface area contributed by atoms with E-state index in [1.807, 2.05) is 0 Å². The molecule has 3 N–H and O–H groups in total. The second-order valence-corrected chi connectivity index (χ2v) is 3.45. The van der Waals surface area contributed by atoms with E-state index in [0.717, 1.165) is 4.88 Å². The first-order chi connectivity index (χ1) is 5.70. The summed E-state index contributed by atoms with van der Waals surface area (Å²) in [5.74, 6) is 0. The summed E-state index contributed by atoms with van der Waals surface area (Å²) in [6.07, 6.45) is 3.06. The number of aromatic nitrogens is 1. The summed E-state index contributed by atoms with van der Waals surface area (Å²) in [7, 11) is 0. The fourth-order valence-electron chi connectivity index (χ4n) is 0.476. The molecule has 0 saturated carbocycles. The number of hydrogen-bond donors (Lipinski definition) is 2. The van der Waals surface area contributed by atoms with Crippen LogP contribution in [-0.4, -0.2) is 15.7 Å². The van der Waals surface area contributed by atoms with Crippen molar-refractivity contribution in [1.29, 1.82) is 0 Å². The first kappa shape index (κ1) is 9.37. The minimum absolute atomic E-state index is 0.117. The Morgan fingerprint density at radius 3 is 3.17 bits per heavy atom. The molecule has 0 aliphatic heterocycles. The molecule has 7 heteroatoms. The second kappa shape index (κ2) is 4.34. The summed E-state index contributed by atoms with van der Waals surface area (Å²) < 4.78 is 3.85. The van der Waals surface area contributed by atoms with Crippen LogP contribution in [0.2, 0.25) is 5.02 Å². The van der Waals surface area contributed by atoms with E-state index < -0.39 is 0 Å². The molecule has 1 heterocycles. The molecule has 0 spiro atoms. The Morgan fingerprint density at radius 1 is 1.92 bits per heavy atom. The van der Waals surface area contributed by atoms with Crippen molar-refractivity contribution in [3.8, 4) is 0 Å². The molecule has 64 valence electrons. The third kappa shape index (κ3) is 2.72. The number of halogens is 1. The van der Waals surface area contributed by atoms with Crippen LogP contribution < -0.4 is 11.2 Å². The van der Waals surface area contributed by atoms with Gasteiger partial charge >= 0.3 is 0 Å². The van der Waals surface area contributed by atoms with Crippen molar-refractivity contribution in [1.82, 2.24) is 9.80 Å². The van der Waals surface area contributed by atoms with Crippen LogP contribution in [0.5, 0.6) is 0 Å². The highest BCUT2D eigenvalue weighted by molar-refractivity contribution is 7.80. The predicted octanol–water partition coefficient (Wildman–Crippen LogP) is 0.964. The summed E-state index contributed by atoms with van der Waals surface area (Å²) in [4.78, 5) is 0.764. The van der Waals surface area contributed by atoms with E-state index in [1.165, 1.54) is 17.7 Å². The topological polar surface area (TPSA) is 63.3 Å². The third-order valence-electron chi connectivity index (χ3n) is 0.909. The van der Waals surface area contributed by atoms with Gasteiger partial charge in [0.2, 0.25) is 0 Å². The lowest BCUT2D eigenvalue weighted by atomic mass is 10.5. The first-order valence-electron chi connectivity index (χ1n) is 2.89. The molecule has 1 aromatic rings. The third-order valence-corrected chi connectivity index (χ3v) is 2.15. The van der Waals surface area contributed by atoms with Gasteiger partial charge < -0.3 is 5.73 Å². The Labute approximate surface area is 83.6 Å². The molecule has 0 aromatic carbocycles. The number of nitrogens with one attached hydrogen (secondary N) is 1. The highest BCUT2D eigenvalue weighted by Crippen LogP contribution is 2.16. The van der Waals surface area contributed by atoms with Crippen LogP contribution in [0.3, 0.4) is 0 Å². The summed E-state index contributed by atoms with van der Waals surface area (Å²) in [5, 5.41) is 4.40. The van der Waals surface area contributed by atoms with E-state index >= 15 is 0 Å². The molecule has 4 nitrogen and oxygen atoms in total. The largest absolute Gasteiger partial charge is 0.375 e. The molecule has 0 aliphatic carbocycles. The smallest absolute Gasteiger partial charge is 0.184 e. The van der Waals surface area contributed by atoms with Crippen molar-refractivity contribution < 1.29 is 0 Å². The Bertz CT molecular complexity index is 308. The predicted molar refractivity (Wildman–Crippen MR) is 54.6 cm³/mol. The number of thiocarbonyl (C=S) groups is 1. The maximum absolute atomic E-state index is 5.72. The van der Waals surface area contributed by atoms with Gasteiger partial charge in [0, 0.05) is 0 Å². The van der Waals surface area contributed by atoms with E-state index in [1.54, 1.807) is 6.20 Å². The Balaban J connectivity index is 2.57. The minimum Gasteiger partial charge on any atom is -0.375 e. The standard InChI is InChI=1S/C5H5ClN4S2/c6-3-1-9-12-4(3)2-8-10-5(7)11/h1-2H,(H3,7,10,11)/b8-2+. The van der Waals surface area contributed by atoms with E-state index in [4.69, 9.17) is 17.3 Å². The van der Waals surface area contributed by atoms with E-state index in [-0.39, 0.29) is 5.11 Å².